The van der Waals surface area contributed by atoms with Gasteiger partial charge in [0.2, 0.25) is 0 Å². The Labute approximate surface area is 152 Å². The number of carbonyl (C=O) groups is 1. The molecule has 138 valence electrons. The third kappa shape index (κ3) is 5.46. The molecule has 2 aliphatic rings. The zero-order chi connectivity index (χ0) is 17.5. The van der Waals surface area contributed by atoms with E-state index in [1.165, 1.54) is 24.8 Å². The molecule has 1 saturated carbocycles. The molecule has 0 spiro atoms. The Morgan fingerprint density at radius 2 is 1.76 bits per heavy atom. The largest absolute Gasteiger partial charge is 0.335 e. The van der Waals surface area contributed by atoms with Crippen LogP contribution in [0.2, 0.25) is 0 Å². The number of amides is 2. The van der Waals surface area contributed by atoms with E-state index in [4.69, 9.17) is 0 Å². The number of rotatable bonds is 5. The van der Waals surface area contributed by atoms with E-state index < -0.39 is 0 Å². The van der Waals surface area contributed by atoms with Crippen molar-refractivity contribution in [3.63, 3.8) is 0 Å². The van der Waals surface area contributed by atoms with Crippen LogP contribution in [0.25, 0.3) is 0 Å². The monoisotopic (exact) mass is 343 g/mol. The summed E-state index contributed by atoms with van der Waals surface area (Å²) in [6, 6.07) is 11.5. The summed E-state index contributed by atoms with van der Waals surface area (Å²) < 4.78 is 0. The van der Waals surface area contributed by atoms with Gasteiger partial charge < -0.3 is 15.1 Å². The van der Waals surface area contributed by atoms with Crippen molar-refractivity contribution in [3.05, 3.63) is 35.9 Å². The first-order valence-corrected chi connectivity index (χ1v) is 10.0. The molecule has 25 heavy (non-hydrogen) atoms. The number of nitrogens with zero attached hydrogens (tertiary/aromatic N) is 2. The molecule has 1 saturated heterocycles. The Kier molecular flexibility index (Phi) is 6.74. The third-order valence-corrected chi connectivity index (χ3v) is 5.81. The third-order valence-electron chi connectivity index (χ3n) is 5.81. The van der Waals surface area contributed by atoms with Gasteiger partial charge in [0.05, 0.1) is 0 Å². The number of likely N-dealkylation sites (tertiary alicyclic amines) is 1. The van der Waals surface area contributed by atoms with Gasteiger partial charge in [0.25, 0.3) is 0 Å². The Bertz CT molecular complexity index is 519. The second-order valence-electron chi connectivity index (χ2n) is 7.75. The van der Waals surface area contributed by atoms with Gasteiger partial charge in [-0.1, -0.05) is 49.6 Å². The molecule has 0 radical (unpaired) electrons. The minimum atomic E-state index is 0.164. The Balaban J connectivity index is 1.61. The van der Waals surface area contributed by atoms with Crippen molar-refractivity contribution in [2.75, 3.05) is 26.7 Å². The molecule has 1 aromatic rings. The van der Waals surface area contributed by atoms with Gasteiger partial charge in [-0.15, -0.1) is 0 Å². The predicted molar refractivity (Wildman–Crippen MR) is 103 cm³/mol. The standard InChI is InChI=1S/C21H33N3O/c1-23-15-13-20(14-16-23)24(17-12-18-8-4-2-5-9-18)21(25)22-19-10-6-3-7-11-19/h2,4-5,8-9,19-20H,3,6-7,10-17H2,1H3,(H,22,25). The first-order valence-electron chi connectivity index (χ1n) is 10.0. The summed E-state index contributed by atoms with van der Waals surface area (Å²) in [6.45, 7) is 2.99. The van der Waals surface area contributed by atoms with E-state index in [1.807, 2.05) is 6.07 Å². The van der Waals surface area contributed by atoms with E-state index in [0.717, 1.165) is 51.7 Å². The molecule has 1 N–H and O–H groups in total. The lowest BCUT2D eigenvalue weighted by Crippen LogP contribution is -2.53. The zero-order valence-corrected chi connectivity index (χ0v) is 15.6. The van der Waals surface area contributed by atoms with Crippen molar-refractivity contribution < 1.29 is 4.79 Å². The topological polar surface area (TPSA) is 35.6 Å². The first-order chi connectivity index (χ1) is 12.2. The van der Waals surface area contributed by atoms with Crippen LogP contribution in [-0.4, -0.2) is 54.6 Å². The summed E-state index contributed by atoms with van der Waals surface area (Å²) >= 11 is 0. The molecular weight excluding hydrogens is 310 g/mol. The lowest BCUT2D eigenvalue weighted by atomic mass is 9.95. The Hall–Kier alpha value is -1.55. The van der Waals surface area contributed by atoms with Crippen LogP contribution in [0.5, 0.6) is 0 Å². The number of carbonyl (C=O) groups excluding carboxylic acids is 1. The van der Waals surface area contributed by atoms with Gasteiger partial charge in [-0.05, 0) is 57.8 Å². The Morgan fingerprint density at radius 1 is 1.08 bits per heavy atom. The van der Waals surface area contributed by atoms with Crippen molar-refractivity contribution in [2.45, 2.75) is 63.5 Å². The van der Waals surface area contributed by atoms with Crippen LogP contribution in [0, 0.1) is 0 Å². The highest BCUT2D eigenvalue weighted by Crippen LogP contribution is 2.20. The van der Waals surface area contributed by atoms with Crippen molar-refractivity contribution in [1.82, 2.24) is 15.1 Å². The number of piperidine rings is 1. The number of urea groups is 1. The van der Waals surface area contributed by atoms with Gasteiger partial charge in [-0.3, -0.25) is 0 Å². The molecule has 0 bridgehead atoms. The molecule has 1 aromatic carbocycles. The fourth-order valence-corrected chi connectivity index (χ4v) is 4.16. The van der Waals surface area contributed by atoms with Crippen LogP contribution in [0.3, 0.4) is 0 Å². The summed E-state index contributed by atoms with van der Waals surface area (Å²) in [5, 5.41) is 3.34. The fourth-order valence-electron chi connectivity index (χ4n) is 4.16. The molecule has 2 fully saturated rings. The number of nitrogens with one attached hydrogen (secondary N) is 1. The molecule has 0 unspecified atom stereocenters. The van der Waals surface area contributed by atoms with Crippen molar-refractivity contribution in [1.29, 1.82) is 0 Å². The maximum absolute atomic E-state index is 13.0. The van der Waals surface area contributed by atoms with E-state index in [0.29, 0.717) is 12.1 Å². The molecular formula is C21H33N3O. The van der Waals surface area contributed by atoms with Crippen molar-refractivity contribution in [3.8, 4) is 0 Å². The second kappa shape index (κ2) is 9.23. The van der Waals surface area contributed by atoms with Gasteiger partial charge in [0.1, 0.15) is 0 Å². The smallest absolute Gasteiger partial charge is 0.317 e. The molecule has 4 heteroatoms. The molecule has 1 aliphatic heterocycles. The minimum absolute atomic E-state index is 0.164. The van der Waals surface area contributed by atoms with Gasteiger partial charge in [0.15, 0.2) is 0 Å². The van der Waals surface area contributed by atoms with E-state index in [2.05, 4.69) is 46.4 Å². The average molecular weight is 344 g/mol. The van der Waals surface area contributed by atoms with Crippen LogP contribution in [-0.2, 0) is 6.42 Å². The fraction of sp³-hybridized carbons (Fsp3) is 0.667. The summed E-state index contributed by atoms with van der Waals surface area (Å²) in [5.74, 6) is 0. The highest BCUT2D eigenvalue weighted by Gasteiger charge is 2.28. The number of hydrogen-bond donors (Lipinski definition) is 1. The molecule has 0 aromatic heterocycles. The number of benzene rings is 1. The van der Waals surface area contributed by atoms with Crippen LogP contribution < -0.4 is 5.32 Å². The van der Waals surface area contributed by atoms with Gasteiger partial charge in [-0.25, -0.2) is 4.79 Å². The van der Waals surface area contributed by atoms with Gasteiger partial charge in [-0.2, -0.15) is 0 Å². The van der Waals surface area contributed by atoms with Crippen molar-refractivity contribution in [2.24, 2.45) is 0 Å². The van der Waals surface area contributed by atoms with E-state index in [1.54, 1.807) is 0 Å². The second-order valence-corrected chi connectivity index (χ2v) is 7.75. The maximum Gasteiger partial charge on any atom is 0.317 e. The molecule has 0 atom stereocenters. The summed E-state index contributed by atoms with van der Waals surface area (Å²) in [7, 11) is 2.17. The quantitative estimate of drug-likeness (QED) is 0.885. The highest BCUT2D eigenvalue weighted by molar-refractivity contribution is 5.75. The first kappa shape index (κ1) is 18.2. The molecule has 4 nitrogen and oxygen atoms in total. The van der Waals surface area contributed by atoms with Crippen LogP contribution in [0.15, 0.2) is 30.3 Å². The highest BCUT2D eigenvalue weighted by atomic mass is 16.2. The molecule has 2 amide bonds. The maximum atomic E-state index is 13.0. The Morgan fingerprint density at radius 3 is 2.44 bits per heavy atom. The van der Waals surface area contributed by atoms with Gasteiger partial charge >= 0.3 is 6.03 Å². The normalized spacial score (nSPS) is 20.4. The molecule has 1 aliphatic carbocycles. The zero-order valence-electron chi connectivity index (χ0n) is 15.6. The van der Waals surface area contributed by atoms with Crippen LogP contribution in [0.1, 0.15) is 50.5 Å². The summed E-state index contributed by atoms with van der Waals surface area (Å²) in [6.07, 6.45) is 9.22. The van der Waals surface area contributed by atoms with E-state index >= 15 is 0 Å². The predicted octanol–water partition coefficient (Wildman–Crippen LogP) is 3.67. The summed E-state index contributed by atoms with van der Waals surface area (Å²) in [4.78, 5) is 17.5. The van der Waals surface area contributed by atoms with E-state index in [-0.39, 0.29) is 6.03 Å². The SMILES string of the molecule is CN1CCC(N(CCc2ccccc2)C(=O)NC2CCCCC2)CC1. The number of hydrogen-bond acceptors (Lipinski definition) is 2. The lowest BCUT2D eigenvalue weighted by Gasteiger charge is -2.38. The minimum Gasteiger partial charge on any atom is -0.335 e. The van der Waals surface area contributed by atoms with Crippen LogP contribution >= 0.6 is 0 Å². The van der Waals surface area contributed by atoms with Gasteiger partial charge in [0, 0.05) is 18.6 Å². The van der Waals surface area contributed by atoms with E-state index in [9.17, 15) is 4.79 Å². The lowest BCUT2D eigenvalue weighted by molar-refractivity contribution is 0.128. The summed E-state index contributed by atoms with van der Waals surface area (Å²) in [5.41, 5.74) is 1.31. The van der Waals surface area contributed by atoms with Crippen LogP contribution in [0.4, 0.5) is 4.79 Å². The molecule has 3 rings (SSSR count). The van der Waals surface area contributed by atoms with Crippen molar-refractivity contribution >= 4 is 6.03 Å². The average Bonchev–Trinajstić information content (AvgIpc) is 2.65. The molecule has 1 heterocycles.